The second-order valence-corrected chi connectivity index (χ2v) is 6.58. The Kier molecular flexibility index (Phi) is 4.37. The maximum atomic E-state index is 10.1. The summed E-state index contributed by atoms with van der Waals surface area (Å²) in [5.41, 5.74) is 2.11. The number of hydrogen-bond donors (Lipinski definition) is 2. The predicted octanol–water partition coefficient (Wildman–Crippen LogP) is 6.05. The summed E-state index contributed by atoms with van der Waals surface area (Å²) in [5, 5.41) is 15.3. The van der Waals surface area contributed by atoms with E-state index in [1.807, 2.05) is 36.4 Å². The quantitative estimate of drug-likeness (QED) is 0.424. The molecule has 4 rings (SSSR count). The minimum absolute atomic E-state index is 0.0881. The summed E-state index contributed by atoms with van der Waals surface area (Å²) in [6.45, 7) is 0. The molecule has 0 bridgehead atoms. The van der Waals surface area contributed by atoms with E-state index in [1.54, 1.807) is 24.3 Å². The van der Waals surface area contributed by atoms with Crippen molar-refractivity contribution in [2.45, 2.75) is 0 Å². The van der Waals surface area contributed by atoms with Crippen molar-refractivity contribution in [1.82, 2.24) is 9.97 Å². The number of nitrogens with zero attached hydrogens (tertiary/aromatic N) is 2. The molecule has 0 atom stereocenters. The molecule has 4 nitrogen and oxygen atoms in total. The molecule has 6 heteroatoms. The van der Waals surface area contributed by atoms with E-state index < -0.39 is 0 Å². The van der Waals surface area contributed by atoms with E-state index in [4.69, 9.17) is 23.2 Å². The number of anilines is 2. The number of aromatic nitrogens is 2. The molecule has 0 aliphatic rings. The average Bonchev–Trinajstić information content (AvgIpc) is 2.65. The van der Waals surface area contributed by atoms with Crippen molar-refractivity contribution in [3.05, 3.63) is 76.8 Å². The van der Waals surface area contributed by atoms with Gasteiger partial charge in [0, 0.05) is 21.0 Å². The molecule has 0 spiro atoms. The Bertz CT molecular complexity index is 1100. The number of hydrogen-bond acceptors (Lipinski definition) is 4. The topological polar surface area (TPSA) is 58.0 Å². The molecule has 0 saturated carbocycles. The fourth-order valence-corrected chi connectivity index (χ4v) is 2.93. The normalized spacial score (nSPS) is 10.8. The van der Waals surface area contributed by atoms with Crippen LogP contribution in [0.1, 0.15) is 0 Å². The molecule has 2 N–H and O–H groups in total. The third-order valence-corrected chi connectivity index (χ3v) is 4.40. The van der Waals surface area contributed by atoms with Gasteiger partial charge < -0.3 is 10.4 Å². The molecule has 1 aromatic heterocycles. The van der Waals surface area contributed by atoms with Crippen LogP contribution >= 0.6 is 23.2 Å². The smallest absolute Gasteiger partial charge is 0.162 e. The highest BCUT2D eigenvalue weighted by atomic mass is 35.5. The molecular weight excluding hydrogens is 369 g/mol. The molecule has 0 aliphatic heterocycles. The number of phenols is 1. The van der Waals surface area contributed by atoms with Crippen LogP contribution in [0.25, 0.3) is 22.3 Å². The number of para-hydroxylation sites is 1. The zero-order valence-electron chi connectivity index (χ0n) is 13.4. The molecule has 4 aromatic rings. The maximum absolute atomic E-state index is 10.1. The molecule has 0 saturated heterocycles. The van der Waals surface area contributed by atoms with Crippen LogP contribution in [-0.4, -0.2) is 15.1 Å². The number of benzene rings is 3. The number of halogens is 2. The summed E-state index contributed by atoms with van der Waals surface area (Å²) >= 11 is 12.0. The van der Waals surface area contributed by atoms with Crippen LogP contribution in [0.15, 0.2) is 66.7 Å². The van der Waals surface area contributed by atoms with Crippen LogP contribution in [0.4, 0.5) is 11.5 Å². The van der Waals surface area contributed by atoms with Gasteiger partial charge in [-0.05, 0) is 54.6 Å². The summed E-state index contributed by atoms with van der Waals surface area (Å²) in [5.74, 6) is 1.23. The van der Waals surface area contributed by atoms with Crippen LogP contribution in [-0.2, 0) is 0 Å². The van der Waals surface area contributed by atoms with Gasteiger partial charge in [0.05, 0.1) is 11.2 Å². The Morgan fingerprint density at radius 2 is 1.54 bits per heavy atom. The van der Waals surface area contributed by atoms with E-state index in [-0.39, 0.29) is 5.75 Å². The summed E-state index contributed by atoms with van der Waals surface area (Å²) in [6, 6.07) is 19.8. The van der Waals surface area contributed by atoms with Gasteiger partial charge >= 0.3 is 0 Å². The first-order chi connectivity index (χ1) is 12.6. The van der Waals surface area contributed by atoms with E-state index in [0.29, 0.717) is 27.4 Å². The zero-order chi connectivity index (χ0) is 18.1. The van der Waals surface area contributed by atoms with E-state index in [2.05, 4.69) is 15.3 Å². The predicted molar refractivity (Wildman–Crippen MR) is 106 cm³/mol. The highest BCUT2D eigenvalue weighted by Crippen LogP contribution is 2.32. The van der Waals surface area contributed by atoms with Gasteiger partial charge in [-0.3, -0.25) is 0 Å². The fraction of sp³-hybridized carbons (Fsp3) is 0. The third-order valence-electron chi connectivity index (χ3n) is 3.92. The lowest BCUT2D eigenvalue weighted by Crippen LogP contribution is -1.99. The monoisotopic (exact) mass is 381 g/mol. The summed E-state index contributed by atoms with van der Waals surface area (Å²) in [6.07, 6.45) is 0. The van der Waals surface area contributed by atoms with E-state index in [9.17, 15) is 5.11 Å². The average molecular weight is 382 g/mol. The Morgan fingerprint density at radius 3 is 2.35 bits per heavy atom. The Morgan fingerprint density at radius 1 is 0.808 bits per heavy atom. The lowest BCUT2D eigenvalue weighted by Gasteiger charge is -2.12. The first kappa shape index (κ1) is 16.6. The standard InChI is InChI=1S/C20H13Cl2N3O/c21-13-7-5-12(6-8-13)19-23-16-4-2-1-3-15(16)20(25-19)24-17-11-14(22)9-10-18(17)26/h1-11,26H,(H,23,24,25). The number of nitrogens with one attached hydrogen (secondary N) is 1. The van der Waals surface area contributed by atoms with Crippen LogP contribution in [0, 0.1) is 0 Å². The number of aromatic hydroxyl groups is 1. The van der Waals surface area contributed by atoms with Crippen molar-refractivity contribution in [1.29, 1.82) is 0 Å². The van der Waals surface area contributed by atoms with Gasteiger partial charge in [-0.25, -0.2) is 9.97 Å². The summed E-state index contributed by atoms with van der Waals surface area (Å²) < 4.78 is 0. The van der Waals surface area contributed by atoms with Gasteiger partial charge in [0.2, 0.25) is 0 Å². The van der Waals surface area contributed by atoms with Crippen LogP contribution < -0.4 is 5.32 Å². The molecule has 0 amide bonds. The molecule has 26 heavy (non-hydrogen) atoms. The first-order valence-electron chi connectivity index (χ1n) is 7.88. The van der Waals surface area contributed by atoms with Gasteiger partial charge in [0.1, 0.15) is 11.6 Å². The molecule has 3 aromatic carbocycles. The van der Waals surface area contributed by atoms with Crippen molar-refractivity contribution in [3.63, 3.8) is 0 Å². The molecule has 0 aliphatic carbocycles. The Hall–Kier alpha value is -2.82. The maximum Gasteiger partial charge on any atom is 0.162 e. The van der Waals surface area contributed by atoms with Crippen molar-refractivity contribution < 1.29 is 5.11 Å². The van der Waals surface area contributed by atoms with E-state index in [1.165, 1.54) is 6.07 Å². The highest BCUT2D eigenvalue weighted by molar-refractivity contribution is 6.31. The lowest BCUT2D eigenvalue weighted by molar-refractivity contribution is 0.478. The Labute approximate surface area is 160 Å². The van der Waals surface area contributed by atoms with E-state index in [0.717, 1.165) is 16.5 Å². The number of rotatable bonds is 3. The zero-order valence-corrected chi connectivity index (χ0v) is 15.0. The second-order valence-electron chi connectivity index (χ2n) is 5.71. The fourth-order valence-electron chi connectivity index (χ4n) is 2.64. The number of phenolic OH excluding ortho intramolecular Hbond substituents is 1. The van der Waals surface area contributed by atoms with Crippen molar-refractivity contribution >= 4 is 45.6 Å². The first-order valence-corrected chi connectivity index (χ1v) is 8.64. The van der Waals surface area contributed by atoms with Crippen LogP contribution in [0.5, 0.6) is 5.75 Å². The van der Waals surface area contributed by atoms with Crippen LogP contribution in [0.2, 0.25) is 10.0 Å². The summed E-state index contributed by atoms with van der Waals surface area (Å²) in [4.78, 5) is 9.28. The highest BCUT2D eigenvalue weighted by Gasteiger charge is 2.11. The molecule has 128 valence electrons. The third kappa shape index (κ3) is 3.29. The summed E-state index contributed by atoms with van der Waals surface area (Å²) in [7, 11) is 0. The molecule has 0 radical (unpaired) electrons. The van der Waals surface area contributed by atoms with Gasteiger partial charge in [0.15, 0.2) is 5.82 Å². The SMILES string of the molecule is Oc1ccc(Cl)cc1Nc1nc(-c2ccc(Cl)cc2)nc2ccccc12. The Balaban J connectivity index is 1.87. The molecule has 1 heterocycles. The lowest BCUT2D eigenvalue weighted by atomic mass is 10.1. The van der Waals surface area contributed by atoms with Crippen LogP contribution in [0.3, 0.4) is 0 Å². The van der Waals surface area contributed by atoms with Crippen molar-refractivity contribution in [2.24, 2.45) is 0 Å². The molecule has 0 unspecified atom stereocenters. The van der Waals surface area contributed by atoms with Gasteiger partial charge in [0.25, 0.3) is 0 Å². The molecule has 0 fully saturated rings. The van der Waals surface area contributed by atoms with Gasteiger partial charge in [-0.1, -0.05) is 35.3 Å². The van der Waals surface area contributed by atoms with Gasteiger partial charge in [-0.15, -0.1) is 0 Å². The number of fused-ring (bicyclic) bond motifs is 1. The van der Waals surface area contributed by atoms with E-state index >= 15 is 0 Å². The van der Waals surface area contributed by atoms with Gasteiger partial charge in [-0.2, -0.15) is 0 Å². The van der Waals surface area contributed by atoms with Crippen molar-refractivity contribution in [2.75, 3.05) is 5.32 Å². The second kappa shape index (κ2) is 6.83. The molecular formula is C20H13Cl2N3O. The van der Waals surface area contributed by atoms with Crippen molar-refractivity contribution in [3.8, 4) is 17.1 Å². The minimum atomic E-state index is 0.0881. The minimum Gasteiger partial charge on any atom is -0.506 e. The largest absolute Gasteiger partial charge is 0.506 e.